The van der Waals surface area contributed by atoms with E-state index >= 15 is 0 Å². The zero-order chi connectivity index (χ0) is 15.5. The van der Waals surface area contributed by atoms with Crippen LogP contribution in [0.5, 0.6) is 0 Å². The summed E-state index contributed by atoms with van der Waals surface area (Å²) in [6.07, 6.45) is -0.235. The molecule has 1 aliphatic heterocycles. The Morgan fingerprint density at radius 2 is 1.90 bits per heavy atom. The summed E-state index contributed by atoms with van der Waals surface area (Å²) in [7, 11) is 0. The van der Waals surface area contributed by atoms with Crippen molar-refractivity contribution in [1.29, 1.82) is 0 Å². The number of rotatable bonds is 4. The molecule has 1 saturated carbocycles. The van der Waals surface area contributed by atoms with Gasteiger partial charge in [0.2, 0.25) is 0 Å². The molecule has 0 spiro atoms. The second kappa shape index (κ2) is 6.84. The maximum atomic E-state index is 13.1. The first-order valence-electron chi connectivity index (χ1n) is 8.05. The summed E-state index contributed by atoms with van der Waals surface area (Å²) < 4.78 is 44.8. The zero-order valence-electron chi connectivity index (χ0n) is 12.8. The van der Waals surface area contributed by atoms with Crippen molar-refractivity contribution >= 4 is 0 Å². The van der Waals surface area contributed by atoms with E-state index in [0.717, 1.165) is 32.4 Å². The Kier molecular flexibility index (Phi) is 5.54. The molecule has 124 valence electrons. The minimum absolute atomic E-state index is 0.159. The van der Waals surface area contributed by atoms with Gasteiger partial charge in [0.25, 0.3) is 0 Å². The van der Waals surface area contributed by atoms with E-state index in [2.05, 4.69) is 4.90 Å². The quantitative estimate of drug-likeness (QED) is 0.868. The van der Waals surface area contributed by atoms with Crippen LogP contribution in [-0.4, -0.2) is 49.0 Å². The van der Waals surface area contributed by atoms with Crippen molar-refractivity contribution in [3.8, 4) is 0 Å². The van der Waals surface area contributed by atoms with E-state index in [1.165, 1.54) is 0 Å². The minimum atomic E-state index is -4.09. The third kappa shape index (κ3) is 3.90. The maximum absolute atomic E-state index is 13.1. The van der Waals surface area contributed by atoms with Crippen LogP contribution in [-0.2, 0) is 4.74 Å². The number of nitrogens with zero attached hydrogens (tertiary/aromatic N) is 1. The molecular formula is C15H27F3N2O. The number of halogens is 3. The number of nitrogens with two attached hydrogens (primary N) is 1. The lowest BCUT2D eigenvalue weighted by Crippen LogP contribution is -2.60. The van der Waals surface area contributed by atoms with Gasteiger partial charge in [-0.1, -0.05) is 6.42 Å². The highest BCUT2D eigenvalue weighted by atomic mass is 19.4. The molecule has 1 saturated heterocycles. The predicted octanol–water partition coefficient (Wildman–Crippen LogP) is 2.94. The van der Waals surface area contributed by atoms with Gasteiger partial charge in [-0.3, -0.25) is 4.90 Å². The van der Waals surface area contributed by atoms with Crippen molar-refractivity contribution in [2.75, 3.05) is 26.2 Å². The Morgan fingerprint density at radius 3 is 2.43 bits per heavy atom. The Labute approximate surface area is 125 Å². The molecule has 3 nitrogen and oxygen atoms in total. The Balaban J connectivity index is 2.01. The van der Waals surface area contributed by atoms with Gasteiger partial charge in [-0.15, -0.1) is 0 Å². The molecule has 0 bridgehead atoms. The van der Waals surface area contributed by atoms with Crippen LogP contribution in [0.15, 0.2) is 0 Å². The van der Waals surface area contributed by atoms with Gasteiger partial charge in [-0.25, -0.2) is 0 Å². The molecule has 1 aliphatic carbocycles. The average Bonchev–Trinajstić information content (AvgIpc) is 2.47. The van der Waals surface area contributed by atoms with Crippen molar-refractivity contribution in [3.05, 3.63) is 0 Å². The zero-order valence-corrected chi connectivity index (χ0v) is 12.8. The van der Waals surface area contributed by atoms with E-state index in [4.69, 9.17) is 10.5 Å². The van der Waals surface area contributed by atoms with Crippen LogP contribution in [0.2, 0.25) is 0 Å². The standard InChI is InChI=1S/C15H27F3N2O/c1-2-21-13-5-8-20(9-6-13)14(11-19)7-3-4-12(10-14)15(16,17)18/h12-13H,2-11,19H2,1H3. The molecule has 1 heterocycles. The number of hydrogen-bond donors (Lipinski definition) is 1. The van der Waals surface area contributed by atoms with Gasteiger partial charge in [0.15, 0.2) is 0 Å². The molecule has 6 heteroatoms. The molecule has 0 amide bonds. The van der Waals surface area contributed by atoms with Crippen molar-refractivity contribution in [3.63, 3.8) is 0 Å². The molecule has 2 N–H and O–H groups in total. The molecule has 2 rings (SSSR count). The predicted molar refractivity (Wildman–Crippen MR) is 76.0 cm³/mol. The van der Waals surface area contributed by atoms with Crippen LogP contribution < -0.4 is 5.73 Å². The fraction of sp³-hybridized carbons (Fsp3) is 1.00. The molecule has 0 aromatic carbocycles. The summed E-state index contributed by atoms with van der Waals surface area (Å²) in [6, 6.07) is 0. The van der Waals surface area contributed by atoms with Gasteiger partial charge >= 0.3 is 6.18 Å². The first-order chi connectivity index (χ1) is 9.91. The minimum Gasteiger partial charge on any atom is -0.378 e. The summed E-state index contributed by atoms with van der Waals surface area (Å²) in [6.45, 7) is 4.59. The average molecular weight is 308 g/mol. The summed E-state index contributed by atoms with van der Waals surface area (Å²) >= 11 is 0. The number of likely N-dealkylation sites (tertiary alicyclic amines) is 1. The van der Waals surface area contributed by atoms with Crippen LogP contribution in [0.3, 0.4) is 0 Å². The van der Waals surface area contributed by atoms with Gasteiger partial charge in [0.1, 0.15) is 0 Å². The van der Waals surface area contributed by atoms with Crippen LogP contribution in [0.1, 0.15) is 45.4 Å². The molecule has 0 radical (unpaired) electrons. The molecule has 2 fully saturated rings. The fourth-order valence-corrected chi connectivity index (χ4v) is 3.95. The van der Waals surface area contributed by atoms with Crippen molar-refractivity contribution in [1.82, 2.24) is 4.90 Å². The number of hydrogen-bond acceptors (Lipinski definition) is 3. The van der Waals surface area contributed by atoms with Crippen LogP contribution in [0, 0.1) is 5.92 Å². The first kappa shape index (κ1) is 17.0. The normalized spacial score (nSPS) is 33.3. The van der Waals surface area contributed by atoms with E-state index in [0.29, 0.717) is 19.6 Å². The van der Waals surface area contributed by atoms with E-state index < -0.39 is 17.6 Å². The molecule has 2 atom stereocenters. The Bertz CT molecular complexity index is 329. The summed E-state index contributed by atoms with van der Waals surface area (Å²) in [5, 5.41) is 0. The number of ether oxygens (including phenoxy) is 1. The highest BCUT2D eigenvalue weighted by molar-refractivity contribution is 4.99. The second-order valence-corrected chi connectivity index (χ2v) is 6.41. The molecular weight excluding hydrogens is 281 g/mol. The van der Waals surface area contributed by atoms with E-state index in [1.54, 1.807) is 0 Å². The van der Waals surface area contributed by atoms with E-state index in [9.17, 15) is 13.2 Å². The smallest absolute Gasteiger partial charge is 0.378 e. The molecule has 0 aromatic rings. The summed E-state index contributed by atoms with van der Waals surface area (Å²) in [5.41, 5.74) is 5.46. The van der Waals surface area contributed by atoms with Gasteiger partial charge < -0.3 is 10.5 Å². The first-order valence-corrected chi connectivity index (χ1v) is 8.05. The van der Waals surface area contributed by atoms with Crippen molar-refractivity contribution in [2.45, 2.75) is 63.3 Å². The summed E-state index contributed by atoms with van der Waals surface area (Å²) in [4.78, 5) is 2.21. The maximum Gasteiger partial charge on any atom is 0.391 e. The van der Waals surface area contributed by atoms with Gasteiger partial charge in [-0.2, -0.15) is 13.2 Å². The lowest BCUT2D eigenvalue weighted by Gasteiger charge is -2.50. The van der Waals surface area contributed by atoms with Gasteiger partial charge in [0.05, 0.1) is 12.0 Å². The van der Waals surface area contributed by atoms with Crippen LogP contribution >= 0.6 is 0 Å². The molecule has 0 aromatic heterocycles. The Morgan fingerprint density at radius 1 is 1.24 bits per heavy atom. The monoisotopic (exact) mass is 308 g/mol. The van der Waals surface area contributed by atoms with Crippen molar-refractivity contribution in [2.24, 2.45) is 11.7 Å². The number of alkyl halides is 3. The highest BCUT2D eigenvalue weighted by Gasteiger charge is 2.49. The lowest BCUT2D eigenvalue weighted by atomic mass is 9.73. The molecule has 21 heavy (non-hydrogen) atoms. The summed E-state index contributed by atoms with van der Waals surface area (Å²) in [5.74, 6) is -1.19. The Hall–Kier alpha value is -0.330. The third-order valence-corrected chi connectivity index (χ3v) is 5.18. The van der Waals surface area contributed by atoms with E-state index in [1.807, 2.05) is 6.92 Å². The van der Waals surface area contributed by atoms with Crippen molar-refractivity contribution < 1.29 is 17.9 Å². The highest BCUT2D eigenvalue weighted by Crippen LogP contribution is 2.44. The topological polar surface area (TPSA) is 38.5 Å². The van der Waals surface area contributed by atoms with Crippen LogP contribution in [0.4, 0.5) is 13.2 Å². The van der Waals surface area contributed by atoms with Gasteiger partial charge in [0, 0.05) is 31.8 Å². The van der Waals surface area contributed by atoms with E-state index in [-0.39, 0.29) is 18.9 Å². The molecule has 2 unspecified atom stereocenters. The largest absolute Gasteiger partial charge is 0.391 e. The second-order valence-electron chi connectivity index (χ2n) is 6.41. The number of piperidine rings is 1. The lowest BCUT2D eigenvalue weighted by molar-refractivity contribution is -0.195. The SMILES string of the molecule is CCOC1CCN(C2(CN)CCCC(C(F)(F)F)C2)CC1. The van der Waals surface area contributed by atoms with Crippen LogP contribution in [0.25, 0.3) is 0 Å². The molecule has 2 aliphatic rings. The fourth-order valence-electron chi connectivity index (χ4n) is 3.95. The van der Waals surface area contributed by atoms with Gasteiger partial charge in [-0.05, 0) is 39.0 Å². The third-order valence-electron chi connectivity index (χ3n) is 5.18.